The van der Waals surface area contributed by atoms with Crippen LogP contribution < -0.4 is 10.1 Å². The first-order valence-corrected chi connectivity index (χ1v) is 6.81. The van der Waals surface area contributed by atoms with Crippen molar-refractivity contribution in [2.75, 3.05) is 11.9 Å². The van der Waals surface area contributed by atoms with Crippen molar-refractivity contribution in [3.63, 3.8) is 0 Å². The summed E-state index contributed by atoms with van der Waals surface area (Å²) in [7, 11) is 0. The van der Waals surface area contributed by atoms with Crippen molar-refractivity contribution in [2.45, 2.75) is 13.5 Å². The molecule has 110 valence electrons. The highest BCUT2D eigenvalue weighted by Gasteiger charge is 2.09. The molecule has 0 atom stereocenters. The number of hydrogen-bond acceptors (Lipinski definition) is 4. The fraction of sp³-hybridized carbons (Fsp3) is 0.200. The van der Waals surface area contributed by atoms with Gasteiger partial charge in [-0.1, -0.05) is 11.6 Å². The molecular formula is C15H15ClN2O3. The van der Waals surface area contributed by atoms with E-state index >= 15 is 0 Å². The number of carbonyl (C=O) groups is 1. The quantitative estimate of drug-likeness (QED) is 0.833. The Kier molecular flexibility index (Phi) is 5.14. The molecule has 2 aromatic rings. The van der Waals surface area contributed by atoms with Gasteiger partial charge in [-0.15, -0.1) is 0 Å². The molecule has 0 aliphatic carbocycles. The third-order valence-corrected chi connectivity index (χ3v) is 2.98. The molecule has 2 N–H and O–H groups in total. The first-order valence-electron chi connectivity index (χ1n) is 6.43. The van der Waals surface area contributed by atoms with Crippen LogP contribution in [0.5, 0.6) is 5.75 Å². The maximum Gasteiger partial charge on any atom is 0.255 e. The number of aromatic nitrogens is 1. The molecule has 0 unspecified atom stereocenters. The third kappa shape index (κ3) is 3.93. The number of nitrogens with one attached hydrogen (secondary N) is 1. The monoisotopic (exact) mass is 306 g/mol. The topological polar surface area (TPSA) is 71.5 Å². The zero-order chi connectivity index (χ0) is 15.2. The SMILES string of the molecule is CCOc1ccc(NC(=O)c2ccnc(Cl)c2)cc1CO. The minimum absolute atomic E-state index is 0.167. The molecule has 1 amide bonds. The van der Waals surface area contributed by atoms with E-state index in [2.05, 4.69) is 10.3 Å². The molecule has 1 heterocycles. The molecule has 0 fully saturated rings. The van der Waals surface area contributed by atoms with Gasteiger partial charge in [0.25, 0.3) is 5.91 Å². The number of anilines is 1. The lowest BCUT2D eigenvalue weighted by Gasteiger charge is -2.11. The fourth-order valence-corrected chi connectivity index (χ4v) is 2.00. The van der Waals surface area contributed by atoms with Crippen LogP contribution in [0.1, 0.15) is 22.8 Å². The minimum atomic E-state index is -0.299. The molecule has 6 heteroatoms. The predicted octanol–water partition coefficient (Wildman–Crippen LogP) is 2.88. The van der Waals surface area contributed by atoms with Gasteiger partial charge in [0.2, 0.25) is 0 Å². The molecule has 0 saturated heterocycles. The van der Waals surface area contributed by atoms with Crippen molar-refractivity contribution >= 4 is 23.2 Å². The number of carbonyl (C=O) groups excluding carboxylic acids is 1. The van der Waals surface area contributed by atoms with Crippen LogP contribution in [0.3, 0.4) is 0 Å². The average Bonchev–Trinajstić information content (AvgIpc) is 2.49. The summed E-state index contributed by atoms with van der Waals surface area (Å²) in [5.74, 6) is 0.303. The Morgan fingerprint density at radius 1 is 1.38 bits per heavy atom. The van der Waals surface area contributed by atoms with Gasteiger partial charge in [0.1, 0.15) is 10.9 Å². The number of pyridine rings is 1. The Bertz CT molecular complexity index is 647. The van der Waals surface area contributed by atoms with Crippen LogP contribution in [0.4, 0.5) is 5.69 Å². The van der Waals surface area contributed by atoms with Gasteiger partial charge >= 0.3 is 0 Å². The van der Waals surface area contributed by atoms with Crippen LogP contribution in [0.2, 0.25) is 5.15 Å². The summed E-state index contributed by atoms with van der Waals surface area (Å²) < 4.78 is 5.39. The molecule has 1 aromatic heterocycles. The van der Waals surface area contributed by atoms with Crippen molar-refractivity contribution in [1.29, 1.82) is 0 Å². The lowest BCUT2D eigenvalue weighted by atomic mass is 10.1. The predicted molar refractivity (Wildman–Crippen MR) is 80.7 cm³/mol. The van der Waals surface area contributed by atoms with Crippen molar-refractivity contribution in [3.05, 3.63) is 52.8 Å². The van der Waals surface area contributed by atoms with Crippen LogP contribution in [0.25, 0.3) is 0 Å². The van der Waals surface area contributed by atoms with Gasteiger partial charge in [-0.05, 0) is 37.3 Å². The van der Waals surface area contributed by atoms with Crippen molar-refractivity contribution in [2.24, 2.45) is 0 Å². The second-order valence-corrected chi connectivity index (χ2v) is 4.62. The Morgan fingerprint density at radius 3 is 2.86 bits per heavy atom. The van der Waals surface area contributed by atoms with E-state index in [4.69, 9.17) is 16.3 Å². The summed E-state index contributed by atoms with van der Waals surface area (Å²) in [5, 5.41) is 12.3. The Morgan fingerprint density at radius 2 is 2.19 bits per heavy atom. The highest BCUT2D eigenvalue weighted by atomic mass is 35.5. The standard InChI is InChI=1S/C15H15ClN2O3/c1-2-21-13-4-3-12(7-11(13)9-19)18-15(20)10-5-6-17-14(16)8-10/h3-8,19H,2,9H2,1H3,(H,18,20). The van der Waals surface area contributed by atoms with Crippen molar-refractivity contribution < 1.29 is 14.6 Å². The van der Waals surface area contributed by atoms with Gasteiger partial charge in [0.15, 0.2) is 0 Å². The van der Waals surface area contributed by atoms with E-state index in [0.29, 0.717) is 29.2 Å². The molecule has 0 aliphatic rings. The maximum absolute atomic E-state index is 12.1. The number of hydrogen-bond donors (Lipinski definition) is 2. The second kappa shape index (κ2) is 7.06. The van der Waals surface area contributed by atoms with E-state index in [0.717, 1.165) is 0 Å². The van der Waals surface area contributed by atoms with E-state index < -0.39 is 0 Å². The lowest BCUT2D eigenvalue weighted by molar-refractivity contribution is 0.102. The van der Waals surface area contributed by atoms with E-state index in [1.807, 2.05) is 6.92 Å². The number of benzene rings is 1. The number of amides is 1. The second-order valence-electron chi connectivity index (χ2n) is 4.23. The number of rotatable bonds is 5. The Balaban J connectivity index is 2.17. The minimum Gasteiger partial charge on any atom is -0.494 e. The normalized spacial score (nSPS) is 10.2. The molecule has 0 saturated carbocycles. The van der Waals surface area contributed by atoms with E-state index in [1.54, 1.807) is 24.3 Å². The van der Waals surface area contributed by atoms with Gasteiger partial charge in [0.05, 0.1) is 13.2 Å². The molecule has 2 rings (SSSR count). The first-order chi connectivity index (χ1) is 10.1. The lowest BCUT2D eigenvalue weighted by Crippen LogP contribution is -2.12. The van der Waals surface area contributed by atoms with E-state index in [1.165, 1.54) is 12.3 Å². The van der Waals surface area contributed by atoms with Gasteiger partial charge < -0.3 is 15.2 Å². The van der Waals surface area contributed by atoms with Crippen LogP contribution in [0, 0.1) is 0 Å². The summed E-state index contributed by atoms with van der Waals surface area (Å²) >= 11 is 5.75. The highest BCUT2D eigenvalue weighted by molar-refractivity contribution is 6.29. The van der Waals surface area contributed by atoms with E-state index in [-0.39, 0.29) is 17.7 Å². The van der Waals surface area contributed by atoms with E-state index in [9.17, 15) is 9.90 Å². The van der Waals surface area contributed by atoms with Crippen LogP contribution in [0.15, 0.2) is 36.5 Å². The van der Waals surface area contributed by atoms with Gasteiger partial charge in [0, 0.05) is 23.0 Å². The largest absolute Gasteiger partial charge is 0.494 e. The molecule has 5 nitrogen and oxygen atoms in total. The van der Waals surface area contributed by atoms with Crippen LogP contribution in [-0.4, -0.2) is 22.6 Å². The Labute approximate surface area is 127 Å². The molecule has 0 radical (unpaired) electrons. The van der Waals surface area contributed by atoms with Crippen molar-refractivity contribution in [1.82, 2.24) is 4.98 Å². The first kappa shape index (κ1) is 15.3. The summed E-state index contributed by atoms with van der Waals surface area (Å²) in [4.78, 5) is 15.9. The molecule has 0 aliphatic heterocycles. The summed E-state index contributed by atoms with van der Waals surface area (Å²) in [6.07, 6.45) is 1.47. The molecular weight excluding hydrogens is 292 g/mol. The molecule has 21 heavy (non-hydrogen) atoms. The van der Waals surface area contributed by atoms with Gasteiger partial charge in [-0.2, -0.15) is 0 Å². The number of aliphatic hydroxyl groups excluding tert-OH is 1. The number of ether oxygens (including phenoxy) is 1. The van der Waals surface area contributed by atoms with Gasteiger partial charge in [-0.25, -0.2) is 4.98 Å². The zero-order valence-corrected chi connectivity index (χ0v) is 12.2. The van der Waals surface area contributed by atoms with Crippen molar-refractivity contribution in [3.8, 4) is 5.75 Å². The number of aliphatic hydroxyl groups is 1. The molecule has 0 bridgehead atoms. The number of nitrogens with zero attached hydrogens (tertiary/aromatic N) is 1. The average molecular weight is 307 g/mol. The van der Waals surface area contributed by atoms with Gasteiger partial charge in [-0.3, -0.25) is 4.79 Å². The highest BCUT2D eigenvalue weighted by Crippen LogP contribution is 2.23. The fourth-order valence-electron chi connectivity index (χ4n) is 1.82. The molecule has 1 aromatic carbocycles. The third-order valence-electron chi connectivity index (χ3n) is 2.78. The summed E-state index contributed by atoms with van der Waals surface area (Å²) in [6, 6.07) is 8.15. The maximum atomic E-state index is 12.1. The van der Waals surface area contributed by atoms with Crippen LogP contribution in [-0.2, 0) is 6.61 Å². The van der Waals surface area contributed by atoms with Crippen LogP contribution >= 0.6 is 11.6 Å². The summed E-state index contributed by atoms with van der Waals surface area (Å²) in [6.45, 7) is 2.21. The zero-order valence-electron chi connectivity index (χ0n) is 11.5. The number of halogens is 1. The smallest absolute Gasteiger partial charge is 0.255 e. The summed E-state index contributed by atoms with van der Waals surface area (Å²) in [5.41, 5.74) is 1.59. The molecule has 0 spiro atoms. The Hall–Kier alpha value is -2.11.